The lowest BCUT2D eigenvalue weighted by molar-refractivity contribution is 0.0404. The van der Waals surface area contributed by atoms with Crippen molar-refractivity contribution in [2.24, 2.45) is 5.73 Å². The number of hydrogen-bond acceptors (Lipinski definition) is 3. The van der Waals surface area contributed by atoms with E-state index in [1.54, 1.807) is 0 Å². The maximum Gasteiger partial charge on any atom is 0.191 e. The third kappa shape index (κ3) is 2.39. The van der Waals surface area contributed by atoms with E-state index < -0.39 is 0 Å². The van der Waals surface area contributed by atoms with Crippen molar-refractivity contribution in [1.29, 1.82) is 0 Å². The maximum absolute atomic E-state index is 12.4. The van der Waals surface area contributed by atoms with Crippen LogP contribution in [0.4, 0.5) is 0 Å². The first kappa shape index (κ1) is 12.3. The van der Waals surface area contributed by atoms with E-state index in [1.807, 2.05) is 42.5 Å². The molecule has 0 radical (unpaired) electrons. The zero-order chi connectivity index (χ0) is 13.2. The largest absolute Gasteiger partial charge is 0.366 e. The third-order valence-corrected chi connectivity index (χ3v) is 3.70. The van der Waals surface area contributed by atoms with E-state index >= 15 is 0 Å². The predicted molar refractivity (Wildman–Crippen MR) is 75.2 cm³/mol. The zero-order valence-corrected chi connectivity index (χ0v) is 10.7. The van der Waals surface area contributed by atoms with Crippen LogP contribution in [0.25, 0.3) is 10.8 Å². The predicted octanol–water partition coefficient (Wildman–Crippen LogP) is 2.53. The highest BCUT2D eigenvalue weighted by atomic mass is 16.5. The average Bonchev–Trinajstić information content (AvgIpc) is 2.95. The standard InChI is InChI=1S/C16H17NO2/c17-10-14-7-8-15(19-14)16(18)13-6-5-11-3-1-2-4-12(11)9-13/h1-6,9,14-15H,7-8,10,17H2. The van der Waals surface area contributed by atoms with Crippen molar-refractivity contribution < 1.29 is 9.53 Å². The summed E-state index contributed by atoms with van der Waals surface area (Å²) in [5.41, 5.74) is 6.30. The van der Waals surface area contributed by atoms with Gasteiger partial charge in [0.25, 0.3) is 0 Å². The Morgan fingerprint density at radius 2 is 1.95 bits per heavy atom. The van der Waals surface area contributed by atoms with Crippen LogP contribution in [0.15, 0.2) is 42.5 Å². The lowest BCUT2D eigenvalue weighted by Crippen LogP contribution is -2.25. The van der Waals surface area contributed by atoms with Gasteiger partial charge in [0.05, 0.1) is 6.10 Å². The molecule has 3 heteroatoms. The molecule has 2 atom stereocenters. The molecule has 0 bridgehead atoms. The molecule has 3 nitrogen and oxygen atoms in total. The molecular formula is C16H17NO2. The maximum atomic E-state index is 12.4. The van der Waals surface area contributed by atoms with Crippen LogP contribution in [0.5, 0.6) is 0 Å². The third-order valence-electron chi connectivity index (χ3n) is 3.70. The van der Waals surface area contributed by atoms with Crippen LogP contribution in [0, 0.1) is 0 Å². The smallest absolute Gasteiger partial charge is 0.191 e. The van der Waals surface area contributed by atoms with E-state index in [1.165, 1.54) is 0 Å². The van der Waals surface area contributed by atoms with Gasteiger partial charge >= 0.3 is 0 Å². The van der Waals surface area contributed by atoms with E-state index in [0.717, 1.165) is 29.2 Å². The summed E-state index contributed by atoms with van der Waals surface area (Å²) in [7, 11) is 0. The van der Waals surface area contributed by atoms with Crippen molar-refractivity contribution in [3.05, 3.63) is 48.0 Å². The molecule has 0 aromatic heterocycles. The second-order valence-corrected chi connectivity index (χ2v) is 4.99. The fourth-order valence-corrected chi connectivity index (χ4v) is 2.60. The number of fused-ring (bicyclic) bond motifs is 1. The molecule has 98 valence electrons. The summed E-state index contributed by atoms with van der Waals surface area (Å²) in [5, 5.41) is 2.23. The number of hydrogen-bond donors (Lipinski definition) is 1. The first-order valence-corrected chi connectivity index (χ1v) is 6.66. The Labute approximate surface area is 112 Å². The lowest BCUT2D eigenvalue weighted by atomic mass is 10.0. The summed E-state index contributed by atoms with van der Waals surface area (Å²) in [4.78, 5) is 12.4. The van der Waals surface area contributed by atoms with Gasteiger partial charge in [-0.25, -0.2) is 0 Å². The number of carbonyl (C=O) groups is 1. The second-order valence-electron chi connectivity index (χ2n) is 4.99. The van der Waals surface area contributed by atoms with Crippen LogP contribution < -0.4 is 5.73 Å². The lowest BCUT2D eigenvalue weighted by Gasteiger charge is -2.11. The van der Waals surface area contributed by atoms with Gasteiger partial charge < -0.3 is 10.5 Å². The molecule has 1 aliphatic heterocycles. The summed E-state index contributed by atoms with van der Waals surface area (Å²) in [6, 6.07) is 13.8. The van der Waals surface area contributed by atoms with Gasteiger partial charge in [0.2, 0.25) is 0 Å². The minimum Gasteiger partial charge on any atom is -0.366 e. The van der Waals surface area contributed by atoms with E-state index in [-0.39, 0.29) is 18.0 Å². The minimum absolute atomic E-state index is 0.0365. The molecule has 0 aliphatic carbocycles. The Hall–Kier alpha value is -1.71. The van der Waals surface area contributed by atoms with E-state index in [2.05, 4.69) is 0 Å². The SMILES string of the molecule is NCC1CCC(C(=O)c2ccc3ccccc3c2)O1. The van der Waals surface area contributed by atoms with E-state index in [0.29, 0.717) is 6.54 Å². The molecule has 2 N–H and O–H groups in total. The van der Waals surface area contributed by atoms with Gasteiger partial charge in [0.1, 0.15) is 6.10 Å². The fourth-order valence-electron chi connectivity index (χ4n) is 2.60. The number of nitrogens with two attached hydrogens (primary N) is 1. The fraction of sp³-hybridized carbons (Fsp3) is 0.312. The molecule has 3 rings (SSSR count). The summed E-state index contributed by atoms with van der Waals surface area (Å²) in [5.74, 6) is 0.0710. The van der Waals surface area contributed by atoms with E-state index in [9.17, 15) is 4.79 Å². The molecule has 2 aromatic carbocycles. The Balaban J connectivity index is 1.85. The van der Waals surface area contributed by atoms with Gasteiger partial charge in [0.15, 0.2) is 5.78 Å². The molecular weight excluding hydrogens is 238 g/mol. The van der Waals surface area contributed by atoms with Gasteiger partial charge in [-0.3, -0.25) is 4.79 Å². The highest BCUT2D eigenvalue weighted by Crippen LogP contribution is 2.24. The second kappa shape index (κ2) is 5.11. The molecule has 1 saturated heterocycles. The monoisotopic (exact) mass is 255 g/mol. The molecule has 0 saturated carbocycles. The zero-order valence-electron chi connectivity index (χ0n) is 10.7. The van der Waals surface area contributed by atoms with Gasteiger partial charge in [-0.05, 0) is 29.7 Å². The quantitative estimate of drug-likeness (QED) is 0.857. The van der Waals surface area contributed by atoms with Crippen molar-refractivity contribution >= 4 is 16.6 Å². The van der Waals surface area contributed by atoms with Gasteiger partial charge in [-0.2, -0.15) is 0 Å². The summed E-state index contributed by atoms with van der Waals surface area (Å²) in [6.45, 7) is 0.488. The van der Waals surface area contributed by atoms with Crippen LogP contribution in [-0.2, 0) is 4.74 Å². The molecule has 1 aliphatic rings. The number of ether oxygens (including phenoxy) is 1. The van der Waals surface area contributed by atoms with Crippen molar-refractivity contribution in [1.82, 2.24) is 0 Å². The van der Waals surface area contributed by atoms with Crippen molar-refractivity contribution in [3.63, 3.8) is 0 Å². The molecule has 1 heterocycles. The summed E-state index contributed by atoms with van der Waals surface area (Å²) in [6.07, 6.45) is 1.36. The number of rotatable bonds is 3. The number of benzene rings is 2. The minimum atomic E-state index is -0.324. The number of ketones is 1. The highest BCUT2D eigenvalue weighted by molar-refractivity contribution is 6.02. The van der Waals surface area contributed by atoms with Crippen LogP contribution in [0.3, 0.4) is 0 Å². The number of Topliss-reactive ketones (excluding diaryl/α,β-unsaturated/α-hetero) is 1. The average molecular weight is 255 g/mol. The Morgan fingerprint density at radius 1 is 1.16 bits per heavy atom. The normalized spacial score (nSPS) is 22.8. The molecule has 1 fully saturated rings. The first-order valence-electron chi connectivity index (χ1n) is 6.66. The summed E-state index contributed by atoms with van der Waals surface area (Å²) < 4.78 is 5.66. The van der Waals surface area contributed by atoms with Crippen molar-refractivity contribution in [3.8, 4) is 0 Å². The Bertz CT molecular complexity index is 608. The van der Waals surface area contributed by atoms with Crippen LogP contribution in [0.2, 0.25) is 0 Å². The van der Waals surface area contributed by atoms with Crippen LogP contribution in [-0.4, -0.2) is 24.5 Å². The van der Waals surface area contributed by atoms with Gasteiger partial charge in [-0.15, -0.1) is 0 Å². The molecule has 19 heavy (non-hydrogen) atoms. The van der Waals surface area contributed by atoms with Crippen molar-refractivity contribution in [2.75, 3.05) is 6.54 Å². The van der Waals surface area contributed by atoms with Crippen LogP contribution >= 0.6 is 0 Å². The molecule has 0 amide bonds. The summed E-state index contributed by atoms with van der Waals surface area (Å²) >= 11 is 0. The van der Waals surface area contributed by atoms with Gasteiger partial charge in [-0.1, -0.05) is 36.4 Å². The van der Waals surface area contributed by atoms with Gasteiger partial charge in [0, 0.05) is 12.1 Å². The highest BCUT2D eigenvalue weighted by Gasteiger charge is 2.30. The topological polar surface area (TPSA) is 52.3 Å². The first-order chi connectivity index (χ1) is 9.28. The molecule has 2 aromatic rings. The van der Waals surface area contributed by atoms with Crippen molar-refractivity contribution in [2.45, 2.75) is 25.0 Å². The Kier molecular flexibility index (Phi) is 3.32. The Morgan fingerprint density at radius 3 is 2.68 bits per heavy atom. The van der Waals surface area contributed by atoms with E-state index in [4.69, 9.17) is 10.5 Å². The molecule has 0 spiro atoms. The number of carbonyl (C=O) groups excluding carboxylic acids is 1. The molecule has 2 unspecified atom stereocenters. The van der Waals surface area contributed by atoms with Crippen LogP contribution in [0.1, 0.15) is 23.2 Å².